The standard InChI is InChI=1S/C26H34N4O3/c1-28-15-17-30(18-16-28)14-6-13-27-25(31)23-21-7-4-5-8-22(21)26(32)29(2)24(23)19-9-11-20(33-3)12-10-19/h4-5,7-12,23-24H,6,13-18H2,1-3H3,(H,27,31). The van der Waals surface area contributed by atoms with E-state index in [-0.39, 0.29) is 17.9 Å². The predicted octanol–water partition coefficient (Wildman–Crippen LogP) is 2.36. The summed E-state index contributed by atoms with van der Waals surface area (Å²) in [5, 5.41) is 3.16. The molecule has 2 aliphatic heterocycles. The van der Waals surface area contributed by atoms with Crippen molar-refractivity contribution in [1.29, 1.82) is 0 Å². The van der Waals surface area contributed by atoms with Crippen LogP contribution in [-0.4, -0.2) is 87.0 Å². The summed E-state index contributed by atoms with van der Waals surface area (Å²) in [5.41, 5.74) is 2.30. The van der Waals surface area contributed by atoms with E-state index in [9.17, 15) is 9.59 Å². The number of benzene rings is 2. The lowest BCUT2D eigenvalue weighted by molar-refractivity contribution is -0.124. The summed E-state index contributed by atoms with van der Waals surface area (Å²) in [7, 11) is 5.56. The molecule has 0 aliphatic carbocycles. The van der Waals surface area contributed by atoms with Crippen LogP contribution in [0, 0.1) is 0 Å². The van der Waals surface area contributed by atoms with Crippen LogP contribution < -0.4 is 10.1 Å². The average Bonchev–Trinajstić information content (AvgIpc) is 2.85. The Hall–Kier alpha value is -2.90. The Balaban J connectivity index is 1.50. The van der Waals surface area contributed by atoms with Crippen LogP contribution in [0.1, 0.15) is 39.9 Å². The van der Waals surface area contributed by atoms with Crippen LogP contribution in [0.15, 0.2) is 48.5 Å². The van der Waals surface area contributed by atoms with Crippen LogP contribution in [-0.2, 0) is 4.79 Å². The van der Waals surface area contributed by atoms with E-state index >= 15 is 0 Å². The van der Waals surface area contributed by atoms with Gasteiger partial charge < -0.3 is 24.8 Å². The lowest BCUT2D eigenvalue weighted by Gasteiger charge is -2.39. The van der Waals surface area contributed by atoms with Crippen molar-refractivity contribution in [3.8, 4) is 5.75 Å². The number of hydrogen-bond donors (Lipinski definition) is 1. The zero-order valence-corrected chi connectivity index (χ0v) is 19.8. The molecule has 1 saturated heterocycles. The van der Waals surface area contributed by atoms with Crippen molar-refractivity contribution < 1.29 is 14.3 Å². The maximum Gasteiger partial charge on any atom is 0.254 e. The lowest BCUT2D eigenvalue weighted by atomic mass is 9.79. The van der Waals surface area contributed by atoms with Crippen molar-refractivity contribution in [2.24, 2.45) is 0 Å². The minimum atomic E-state index is -0.471. The van der Waals surface area contributed by atoms with Crippen LogP contribution in [0.4, 0.5) is 0 Å². The van der Waals surface area contributed by atoms with Gasteiger partial charge >= 0.3 is 0 Å². The third-order valence-electron chi connectivity index (χ3n) is 6.87. The fourth-order valence-electron chi connectivity index (χ4n) is 4.87. The van der Waals surface area contributed by atoms with Gasteiger partial charge in [-0.25, -0.2) is 0 Å². The molecule has 33 heavy (non-hydrogen) atoms. The van der Waals surface area contributed by atoms with Gasteiger partial charge in [0.1, 0.15) is 5.75 Å². The Kier molecular flexibility index (Phi) is 7.30. The van der Waals surface area contributed by atoms with E-state index in [1.807, 2.05) is 48.5 Å². The Morgan fingerprint density at radius 3 is 2.42 bits per heavy atom. The van der Waals surface area contributed by atoms with Gasteiger partial charge in [-0.3, -0.25) is 9.59 Å². The van der Waals surface area contributed by atoms with Crippen molar-refractivity contribution in [2.75, 3.05) is 60.5 Å². The lowest BCUT2D eigenvalue weighted by Crippen LogP contribution is -2.46. The molecule has 176 valence electrons. The van der Waals surface area contributed by atoms with Gasteiger partial charge in [0, 0.05) is 45.3 Å². The number of ether oxygens (including phenoxy) is 1. The van der Waals surface area contributed by atoms with Crippen molar-refractivity contribution >= 4 is 11.8 Å². The molecule has 2 atom stereocenters. The van der Waals surface area contributed by atoms with Crippen LogP contribution in [0.3, 0.4) is 0 Å². The highest BCUT2D eigenvalue weighted by Gasteiger charge is 2.42. The van der Waals surface area contributed by atoms with Gasteiger partial charge in [0.05, 0.1) is 19.1 Å². The van der Waals surface area contributed by atoms with Gasteiger partial charge in [0.2, 0.25) is 5.91 Å². The minimum Gasteiger partial charge on any atom is -0.497 e. The molecule has 1 N–H and O–H groups in total. The first-order valence-electron chi connectivity index (χ1n) is 11.7. The highest BCUT2D eigenvalue weighted by molar-refractivity contribution is 6.01. The zero-order valence-electron chi connectivity index (χ0n) is 19.8. The number of carbonyl (C=O) groups is 2. The molecule has 2 heterocycles. The van der Waals surface area contributed by atoms with Gasteiger partial charge in [-0.15, -0.1) is 0 Å². The fourth-order valence-corrected chi connectivity index (χ4v) is 4.87. The number of nitrogens with one attached hydrogen (secondary N) is 1. The molecule has 0 aromatic heterocycles. The highest BCUT2D eigenvalue weighted by atomic mass is 16.5. The van der Waals surface area contributed by atoms with E-state index in [0.29, 0.717) is 12.1 Å². The van der Waals surface area contributed by atoms with Crippen LogP contribution >= 0.6 is 0 Å². The predicted molar refractivity (Wildman–Crippen MR) is 129 cm³/mol. The SMILES string of the molecule is COc1ccc(C2C(C(=O)NCCCN3CCN(C)CC3)c3ccccc3C(=O)N2C)cc1. The number of carbonyl (C=O) groups excluding carboxylic acids is 2. The molecule has 0 radical (unpaired) electrons. The van der Waals surface area contributed by atoms with E-state index < -0.39 is 5.92 Å². The summed E-state index contributed by atoms with van der Waals surface area (Å²) in [4.78, 5) is 33.1. The second-order valence-electron chi connectivity index (χ2n) is 8.99. The second-order valence-corrected chi connectivity index (χ2v) is 8.99. The van der Waals surface area contributed by atoms with Crippen LogP contribution in [0.2, 0.25) is 0 Å². The summed E-state index contributed by atoms with van der Waals surface area (Å²) in [6, 6.07) is 14.7. The summed E-state index contributed by atoms with van der Waals surface area (Å²) < 4.78 is 5.29. The number of methoxy groups -OCH3 is 1. The third-order valence-corrected chi connectivity index (χ3v) is 6.87. The Labute approximate surface area is 196 Å². The number of likely N-dealkylation sites (N-methyl/N-ethyl adjacent to an activating group) is 2. The monoisotopic (exact) mass is 450 g/mol. The van der Waals surface area contributed by atoms with E-state index in [4.69, 9.17) is 4.74 Å². The fraction of sp³-hybridized carbons (Fsp3) is 0.462. The van der Waals surface area contributed by atoms with E-state index in [1.54, 1.807) is 19.1 Å². The summed E-state index contributed by atoms with van der Waals surface area (Å²) in [6.07, 6.45) is 0.909. The van der Waals surface area contributed by atoms with E-state index in [0.717, 1.165) is 56.0 Å². The Morgan fingerprint density at radius 1 is 1.03 bits per heavy atom. The van der Waals surface area contributed by atoms with E-state index in [2.05, 4.69) is 22.2 Å². The number of rotatable bonds is 7. The summed E-state index contributed by atoms with van der Waals surface area (Å²) >= 11 is 0. The maximum atomic E-state index is 13.5. The molecule has 2 amide bonds. The number of piperazine rings is 1. The molecule has 0 spiro atoms. The quantitative estimate of drug-likeness (QED) is 0.656. The van der Waals surface area contributed by atoms with Crippen molar-refractivity contribution in [3.63, 3.8) is 0 Å². The summed E-state index contributed by atoms with van der Waals surface area (Å²) in [6.45, 7) is 5.94. The number of nitrogens with zero attached hydrogens (tertiary/aromatic N) is 3. The van der Waals surface area contributed by atoms with Gasteiger partial charge in [-0.1, -0.05) is 30.3 Å². The molecular formula is C26H34N4O3. The molecule has 0 bridgehead atoms. The first-order valence-corrected chi connectivity index (χ1v) is 11.7. The summed E-state index contributed by atoms with van der Waals surface area (Å²) in [5.74, 6) is 0.168. The molecule has 1 fully saturated rings. The smallest absolute Gasteiger partial charge is 0.254 e. The first-order chi connectivity index (χ1) is 16.0. The van der Waals surface area contributed by atoms with Crippen molar-refractivity contribution in [2.45, 2.75) is 18.4 Å². The third kappa shape index (κ3) is 5.04. The van der Waals surface area contributed by atoms with Crippen molar-refractivity contribution in [3.05, 3.63) is 65.2 Å². The largest absolute Gasteiger partial charge is 0.497 e. The first kappa shape index (κ1) is 23.3. The molecule has 2 aromatic carbocycles. The van der Waals surface area contributed by atoms with Gasteiger partial charge in [0.15, 0.2) is 0 Å². The molecule has 2 aliphatic rings. The van der Waals surface area contributed by atoms with Crippen LogP contribution in [0.25, 0.3) is 0 Å². The Morgan fingerprint density at radius 2 is 1.73 bits per heavy atom. The minimum absolute atomic E-state index is 0.0407. The second kappa shape index (κ2) is 10.4. The van der Waals surface area contributed by atoms with E-state index in [1.165, 1.54) is 0 Å². The molecule has 7 nitrogen and oxygen atoms in total. The normalized spacial score (nSPS) is 21.5. The number of amides is 2. The Bertz CT molecular complexity index is 970. The number of hydrogen-bond acceptors (Lipinski definition) is 5. The van der Waals surface area contributed by atoms with Gasteiger partial charge in [-0.05, 0) is 49.3 Å². The van der Waals surface area contributed by atoms with Crippen molar-refractivity contribution in [1.82, 2.24) is 20.0 Å². The molecule has 4 rings (SSSR count). The highest BCUT2D eigenvalue weighted by Crippen LogP contribution is 2.42. The molecule has 2 aromatic rings. The maximum absolute atomic E-state index is 13.5. The van der Waals surface area contributed by atoms with Crippen LogP contribution in [0.5, 0.6) is 5.75 Å². The molecular weight excluding hydrogens is 416 g/mol. The van der Waals surface area contributed by atoms with Gasteiger partial charge in [0.25, 0.3) is 5.91 Å². The average molecular weight is 451 g/mol. The molecule has 2 unspecified atom stereocenters. The van der Waals surface area contributed by atoms with Gasteiger partial charge in [-0.2, -0.15) is 0 Å². The topological polar surface area (TPSA) is 65.1 Å². The molecule has 0 saturated carbocycles. The molecule has 7 heteroatoms. The number of fused-ring (bicyclic) bond motifs is 1. The zero-order chi connectivity index (χ0) is 23.4.